The van der Waals surface area contributed by atoms with E-state index in [1.165, 1.54) is 51.4 Å². The molecular formula is C21H34S2. The van der Waals surface area contributed by atoms with E-state index in [0.717, 1.165) is 57.8 Å². The highest BCUT2D eigenvalue weighted by Crippen LogP contribution is 2.84. The van der Waals surface area contributed by atoms with E-state index in [0.29, 0.717) is 5.41 Å². The van der Waals surface area contributed by atoms with Crippen LogP contribution in [0.25, 0.3) is 0 Å². The topological polar surface area (TPSA) is 0 Å². The Hall–Kier alpha value is 0.700. The molecule has 0 amide bonds. The molecule has 130 valence electrons. The van der Waals surface area contributed by atoms with Gasteiger partial charge < -0.3 is 0 Å². The van der Waals surface area contributed by atoms with Gasteiger partial charge in [-0.25, -0.2) is 0 Å². The molecule has 0 nitrogen and oxygen atoms in total. The molecule has 0 aromatic carbocycles. The van der Waals surface area contributed by atoms with Crippen molar-refractivity contribution in [1.82, 2.24) is 0 Å². The standard InChI is InChI=1S/C21H34S2/c1-12-7-16-10-18(23)19-17(21(12,16)19)9-15-8-14(13-3-4-13)5-6-20(15,2)11-22/h12-19,22-23H,3-11H2,1-2H3. The molecule has 23 heavy (non-hydrogen) atoms. The highest BCUT2D eigenvalue weighted by molar-refractivity contribution is 7.81. The van der Waals surface area contributed by atoms with E-state index in [4.69, 9.17) is 25.3 Å². The zero-order chi connectivity index (χ0) is 16.0. The van der Waals surface area contributed by atoms with Gasteiger partial charge in [0.25, 0.3) is 0 Å². The predicted molar refractivity (Wildman–Crippen MR) is 104 cm³/mol. The second-order valence-electron chi connectivity index (χ2n) is 10.4. The van der Waals surface area contributed by atoms with Crippen molar-refractivity contribution in [3.8, 4) is 0 Å². The maximum absolute atomic E-state index is 5.01. The fourth-order valence-corrected chi connectivity index (χ4v) is 9.09. The van der Waals surface area contributed by atoms with Crippen LogP contribution in [0.3, 0.4) is 0 Å². The van der Waals surface area contributed by atoms with Crippen molar-refractivity contribution in [3.63, 3.8) is 0 Å². The first-order chi connectivity index (χ1) is 11.0. The van der Waals surface area contributed by atoms with Gasteiger partial charge in [0.2, 0.25) is 0 Å². The SMILES string of the molecule is CC1CC2CC(S)C3C(CC4CC(C5CC5)CCC4(C)CS)C123. The minimum atomic E-state index is 0.511. The smallest absolute Gasteiger partial charge is 0.00563 e. The molecule has 5 saturated carbocycles. The average Bonchev–Trinajstić information content (AvgIpc) is 3.41. The molecule has 5 aliphatic rings. The normalized spacial score (nSPS) is 60.8. The zero-order valence-corrected chi connectivity index (χ0v) is 16.7. The molecule has 0 aromatic heterocycles. The monoisotopic (exact) mass is 350 g/mol. The van der Waals surface area contributed by atoms with Crippen molar-refractivity contribution in [3.05, 3.63) is 0 Å². The lowest BCUT2D eigenvalue weighted by molar-refractivity contribution is 0.0291. The zero-order valence-electron chi connectivity index (χ0n) is 14.9. The quantitative estimate of drug-likeness (QED) is 0.594. The Balaban J connectivity index is 1.34. The van der Waals surface area contributed by atoms with Crippen LogP contribution in [0.1, 0.15) is 65.2 Å². The lowest BCUT2D eigenvalue weighted by atomic mass is 9.58. The summed E-state index contributed by atoms with van der Waals surface area (Å²) in [6, 6.07) is 0. The van der Waals surface area contributed by atoms with Crippen LogP contribution in [0.5, 0.6) is 0 Å². The third kappa shape index (κ3) is 2.06. The lowest BCUT2D eigenvalue weighted by Gasteiger charge is -2.47. The average molecular weight is 351 g/mol. The summed E-state index contributed by atoms with van der Waals surface area (Å²) in [6.45, 7) is 5.10. The Morgan fingerprint density at radius 2 is 1.83 bits per heavy atom. The molecule has 0 saturated heterocycles. The summed E-state index contributed by atoms with van der Waals surface area (Å²) in [5.74, 6) is 8.24. The highest BCUT2D eigenvalue weighted by Gasteiger charge is 2.79. The Morgan fingerprint density at radius 1 is 1.04 bits per heavy atom. The van der Waals surface area contributed by atoms with Crippen LogP contribution < -0.4 is 0 Å². The van der Waals surface area contributed by atoms with Crippen molar-refractivity contribution >= 4 is 25.3 Å². The lowest BCUT2D eigenvalue weighted by Crippen LogP contribution is -2.40. The van der Waals surface area contributed by atoms with Gasteiger partial charge in [0.05, 0.1) is 0 Å². The Morgan fingerprint density at radius 3 is 2.43 bits per heavy atom. The molecule has 5 rings (SSSR count). The first-order valence-corrected chi connectivity index (χ1v) is 11.4. The van der Waals surface area contributed by atoms with Crippen molar-refractivity contribution in [2.75, 3.05) is 5.75 Å². The molecule has 5 aliphatic carbocycles. The summed E-state index contributed by atoms with van der Waals surface area (Å²) in [5, 5.41) is 0.722. The molecule has 2 heteroatoms. The van der Waals surface area contributed by atoms with E-state index in [1.807, 2.05) is 0 Å². The molecule has 1 spiro atoms. The summed E-state index contributed by atoms with van der Waals surface area (Å²) in [5.41, 5.74) is 1.27. The van der Waals surface area contributed by atoms with Crippen molar-refractivity contribution in [2.45, 2.75) is 70.5 Å². The molecule has 0 aromatic rings. The van der Waals surface area contributed by atoms with Gasteiger partial charge in [0, 0.05) is 5.25 Å². The molecule has 0 radical (unpaired) electrons. The summed E-state index contributed by atoms with van der Waals surface area (Å²) in [4.78, 5) is 0. The molecule has 0 N–H and O–H groups in total. The van der Waals surface area contributed by atoms with Crippen molar-refractivity contribution in [1.29, 1.82) is 0 Å². The largest absolute Gasteiger partial charge is 0.179 e. The second kappa shape index (κ2) is 5.12. The van der Waals surface area contributed by atoms with E-state index in [1.54, 1.807) is 0 Å². The van der Waals surface area contributed by atoms with Crippen LogP contribution in [-0.2, 0) is 0 Å². The van der Waals surface area contributed by atoms with Crippen LogP contribution >= 0.6 is 25.3 Å². The van der Waals surface area contributed by atoms with E-state index in [9.17, 15) is 0 Å². The Kier molecular flexibility index (Phi) is 3.54. The molecule has 0 aliphatic heterocycles. The van der Waals surface area contributed by atoms with Gasteiger partial charge in [-0.15, -0.1) is 0 Å². The van der Waals surface area contributed by atoms with Crippen LogP contribution in [-0.4, -0.2) is 11.0 Å². The number of hydrogen-bond acceptors (Lipinski definition) is 2. The van der Waals surface area contributed by atoms with Gasteiger partial charge in [-0.3, -0.25) is 0 Å². The number of thiol groups is 2. The molecule has 5 fully saturated rings. The van der Waals surface area contributed by atoms with Gasteiger partial charge in [0.15, 0.2) is 0 Å². The fourth-order valence-electron chi connectivity index (χ4n) is 7.95. The summed E-state index contributed by atoms with van der Waals surface area (Å²) in [7, 11) is 0. The minimum Gasteiger partial charge on any atom is -0.179 e. The summed E-state index contributed by atoms with van der Waals surface area (Å²) < 4.78 is 0. The van der Waals surface area contributed by atoms with Gasteiger partial charge >= 0.3 is 0 Å². The maximum atomic E-state index is 5.01. The molecule has 9 unspecified atom stereocenters. The molecule has 0 bridgehead atoms. The third-order valence-electron chi connectivity index (χ3n) is 9.53. The van der Waals surface area contributed by atoms with Crippen LogP contribution in [0.4, 0.5) is 0 Å². The van der Waals surface area contributed by atoms with E-state index >= 15 is 0 Å². The van der Waals surface area contributed by atoms with Gasteiger partial charge in [-0.05, 0) is 109 Å². The Labute approximate surface area is 153 Å². The van der Waals surface area contributed by atoms with E-state index in [2.05, 4.69) is 13.8 Å². The minimum absolute atomic E-state index is 0.511. The molecule has 0 heterocycles. The van der Waals surface area contributed by atoms with E-state index < -0.39 is 0 Å². The number of rotatable bonds is 4. The highest BCUT2D eigenvalue weighted by atomic mass is 32.1. The van der Waals surface area contributed by atoms with Gasteiger partial charge in [0.1, 0.15) is 0 Å². The third-order valence-corrected chi connectivity index (χ3v) is 10.8. The first-order valence-electron chi connectivity index (χ1n) is 10.3. The van der Waals surface area contributed by atoms with Crippen LogP contribution in [0.15, 0.2) is 0 Å². The first kappa shape index (κ1) is 15.9. The van der Waals surface area contributed by atoms with Crippen molar-refractivity contribution < 1.29 is 0 Å². The van der Waals surface area contributed by atoms with Crippen molar-refractivity contribution in [2.24, 2.45) is 52.3 Å². The molecular weight excluding hydrogens is 316 g/mol. The van der Waals surface area contributed by atoms with Gasteiger partial charge in [-0.2, -0.15) is 25.3 Å². The predicted octanol–water partition coefficient (Wildman–Crippen LogP) is 5.73. The fraction of sp³-hybridized carbons (Fsp3) is 1.00. The van der Waals surface area contributed by atoms with E-state index in [-0.39, 0.29) is 0 Å². The maximum Gasteiger partial charge on any atom is 0.00563 e. The van der Waals surface area contributed by atoms with Crippen LogP contribution in [0.2, 0.25) is 0 Å². The van der Waals surface area contributed by atoms with Gasteiger partial charge in [-0.1, -0.05) is 13.8 Å². The summed E-state index contributed by atoms with van der Waals surface area (Å²) >= 11 is 9.81. The summed E-state index contributed by atoms with van der Waals surface area (Å²) in [6.07, 6.45) is 12.0. The molecule has 9 atom stereocenters. The van der Waals surface area contributed by atoms with Crippen LogP contribution in [0, 0.1) is 52.3 Å². The second-order valence-corrected chi connectivity index (χ2v) is 11.4. The Bertz CT molecular complexity index is 500. The number of hydrogen-bond donors (Lipinski definition) is 2.